The van der Waals surface area contributed by atoms with Crippen LogP contribution in [-0.2, 0) is 0 Å². The SMILES string of the molecule is CCC(Nc1c2ccc(Cl)cc2nc2ccc(OC)cc12)N(CC)CCCl.Cl.Cl. The lowest BCUT2D eigenvalue weighted by atomic mass is 10.1. The zero-order chi connectivity index (χ0) is 19.4. The number of methoxy groups -OCH3 is 1. The van der Waals surface area contributed by atoms with Crippen LogP contribution in [0.15, 0.2) is 36.4 Å². The van der Waals surface area contributed by atoms with Gasteiger partial charge in [0.2, 0.25) is 0 Å². The van der Waals surface area contributed by atoms with Gasteiger partial charge in [-0.3, -0.25) is 4.90 Å². The molecule has 8 heteroatoms. The maximum Gasteiger partial charge on any atom is 0.119 e. The van der Waals surface area contributed by atoms with Crippen LogP contribution in [0.25, 0.3) is 21.8 Å². The second-order valence-corrected chi connectivity index (χ2v) is 7.23. The molecule has 0 saturated heterocycles. The maximum atomic E-state index is 6.21. The van der Waals surface area contributed by atoms with Gasteiger partial charge >= 0.3 is 0 Å². The smallest absolute Gasteiger partial charge is 0.119 e. The molecule has 0 spiro atoms. The Morgan fingerprint density at radius 1 is 1.07 bits per heavy atom. The van der Waals surface area contributed by atoms with Gasteiger partial charge in [0.15, 0.2) is 0 Å². The molecule has 0 radical (unpaired) electrons. The second kappa shape index (κ2) is 11.9. The average molecular weight is 479 g/mol. The van der Waals surface area contributed by atoms with Gasteiger partial charge < -0.3 is 10.1 Å². The van der Waals surface area contributed by atoms with Crippen molar-refractivity contribution in [1.29, 1.82) is 0 Å². The normalized spacial score (nSPS) is 11.8. The highest BCUT2D eigenvalue weighted by atomic mass is 35.5. The van der Waals surface area contributed by atoms with Gasteiger partial charge in [-0.2, -0.15) is 0 Å². The third-order valence-electron chi connectivity index (χ3n) is 4.86. The number of ether oxygens (including phenoxy) is 1. The van der Waals surface area contributed by atoms with Crippen LogP contribution in [0.1, 0.15) is 20.3 Å². The van der Waals surface area contributed by atoms with Gasteiger partial charge in [-0.1, -0.05) is 25.4 Å². The summed E-state index contributed by atoms with van der Waals surface area (Å²) >= 11 is 12.2. The van der Waals surface area contributed by atoms with Crippen molar-refractivity contribution in [2.45, 2.75) is 26.4 Å². The number of nitrogens with zero attached hydrogens (tertiary/aromatic N) is 2. The van der Waals surface area contributed by atoms with Crippen LogP contribution in [0.2, 0.25) is 5.02 Å². The number of rotatable bonds is 8. The summed E-state index contributed by atoms with van der Waals surface area (Å²) in [4.78, 5) is 7.14. The predicted octanol–water partition coefficient (Wildman–Crippen LogP) is 6.60. The fourth-order valence-corrected chi connectivity index (χ4v) is 3.82. The molecule has 0 aliphatic heterocycles. The molecular formula is C21H27Cl4N3O. The zero-order valence-corrected chi connectivity index (χ0v) is 19.9. The first-order valence-corrected chi connectivity index (χ1v) is 10.2. The quantitative estimate of drug-likeness (QED) is 0.224. The number of aromatic nitrogens is 1. The maximum absolute atomic E-state index is 6.21. The van der Waals surface area contributed by atoms with Crippen LogP contribution in [0.3, 0.4) is 0 Å². The summed E-state index contributed by atoms with van der Waals surface area (Å²) in [6, 6.07) is 11.8. The molecule has 0 fully saturated rings. The highest BCUT2D eigenvalue weighted by Gasteiger charge is 2.18. The van der Waals surface area contributed by atoms with Crippen LogP contribution in [0.5, 0.6) is 5.75 Å². The lowest BCUT2D eigenvalue weighted by Gasteiger charge is -2.31. The minimum Gasteiger partial charge on any atom is -0.497 e. The first kappa shape index (κ1) is 25.9. The number of fused-ring (bicyclic) bond motifs is 2. The van der Waals surface area contributed by atoms with Crippen LogP contribution < -0.4 is 10.1 Å². The number of anilines is 1. The number of hydrogen-bond acceptors (Lipinski definition) is 4. The molecule has 1 unspecified atom stereocenters. The zero-order valence-electron chi connectivity index (χ0n) is 16.7. The Bertz CT molecular complexity index is 939. The largest absolute Gasteiger partial charge is 0.497 e. The Morgan fingerprint density at radius 3 is 2.45 bits per heavy atom. The molecule has 3 rings (SSSR count). The lowest BCUT2D eigenvalue weighted by molar-refractivity contribution is 0.235. The van der Waals surface area contributed by atoms with E-state index >= 15 is 0 Å². The van der Waals surface area contributed by atoms with E-state index in [0.29, 0.717) is 10.9 Å². The van der Waals surface area contributed by atoms with Crippen molar-refractivity contribution in [2.24, 2.45) is 0 Å². The van der Waals surface area contributed by atoms with E-state index in [2.05, 4.69) is 24.1 Å². The van der Waals surface area contributed by atoms with Crippen molar-refractivity contribution >= 4 is 75.5 Å². The Kier molecular flexibility index (Phi) is 10.6. The highest BCUT2D eigenvalue weighted by molar-refractivity contribution is 6.31. The molecule has 29 heavy (non-hydrogen) atoms. The fraction of sp³-hybridized carbons (Fsp3) is 0.381. The van der Waals surface area contributed by atoms with E-state index < -0.39 is 0 Å². The summed E-state index contributed by atoms with van der Waals surface area (Å²) in [5.74, 6) is 1.41. The lowest BCUT2D eigenvalue weighted by Crippen LogP contribution is -2.41. The Labute approximate surface area is 194 Å². The molecule has 1 heterocycles. The molecule has 1 atom stereocenters. The number of hydrogen-bond donors (Lipinski definition) is 1. The van der Waals surface area contributed by atoms with Crippen molar-refractivity contribution in [1.82, 2.24) is 9.88 Å². The van der Waals surface area contributed by atoms with Gasteiger partial charge in [-0.25, -0.2) is 4.98 Å². The molecule has 0 aliphatic carbocycles. The van der Waals surface area contributed by atoms with Crippen molar-refractivity contribution in [3.63, 3.8) is 0 Å². The van der Waals surface area contributed by atoms with E-state index in [1.54, 1.807) is 7.11 Å². The van der Waals surface area contributed by atoms with Gasteiger partial charge in [-0.15, -0.1) is 36.4 Å². The molecule has 3 aromatic rings. The molecule has 1 aromatic heterocycles. The summed E-state index contributed by atoms with van der Waals surface area (Å²) in [6.45, 7) is 6.09. The fourth-order valence-electron chi connectivity index (χ4n) is 3.44. The molecule has 160 valence electrons. The Hall–Kier alpha value is -1.17. The monoisotopic (exact) mass is 477 g/mol. The molecule has 0 aliphatic rings. The Morgan fingerprint density at radius 2 is 1.83 bits per heavy atom. The van der Waals surface area contributed by atoms with Crippen molar-refractivity contribution in [2.75, 3.05) is 31.4 Å². The number of halogens is 4. The summed E-state index contributed by atoms with van der Waals surface area (Å²) in [5, 5.41) is 6.50. The minimum atomic E-state index is 0. The van der Waals surface area contributed by atoms with Crippen LogP contribution >= 0.6 is 48.0 Å². The third kappa shape index (κ3) is 5.71. The van der Waals surface area contributed by atoms with Crippen LogP contribution in [0.4, 0.5) is 5.69 Å². The van der Waals surface area contributed by atoms with Gasteiger partial charge in [0.1, 0.15) is 5.75 Å². The summed E-state index contributed by atoms with van der Waals surface area (Å²) in [6.07, 6.45) is 1.12. The molecule has 0 bridgehead atoms. The first-order chi connectivity index (χ1) is 13.1. The predicted molar refractivity (Wildman–Crippen MR) is 131 cm³/mol. The minimum absolute atomic E-state index is 0. The summed E-state index contributed by atoms with van der Waals surface area (Å²) in [5.41, 5.74) is 2.83. The second-order valence-electron chi connectivity index (χ2n) is 6.42. The Balaban J connectivity index is 0.00000210. The number of pyridine rings is 1. The number of nitrogens with one attached hydrogen (secondary N) is 1. The standard InChI is InChI=1S/C21H25Cl2N3O.2ClH/c1-4-20(26(5-2)11-10-22)25-21-16-8-6-14(23)12-19(16)24-18-9-7-15(27-3)13-17(18)21;;/h6-9,12-13,20H,4-5,10-11H2,1-3H3,(H,24,25);2*1H. The van der Waals surface area contributed by atoms with Crippen molar-refractivity contribution in [3.05, 3.63) is 41.4 Å². The molecule has 4 nitrogen and oxygen atoms in total. The van der Waals surface area contributed by atoms with E-state index in [0.717, 1.165) is 52.8 Å². The first-order valence-electron chi connectivity index (χ1n) is 9.24. The van der Waals surface area contributed by atoms with E-state index in [-0.39, 0.29) is 31.0 Å². The molecule has 0 amide bonds. The van der Waals surface area contributed by atoms with Crippen molar-refractivity contribution < 1.29 is 4.74 Å². The summed E-state index contributed by atoms with van der Waals surface area (Å²) in [7, 11) is 1.68. The van der Waals surface area contributed by atoms with Gasteiger partial charge in [0.05, 0.1) is 30.0 Å². The van der Waals surface area contributed by atoms with Crippen LogP contribution in [-0.4, -0.2) is 42.1 Å². The molecule has 2 aromatic carbocycles. The molecule has 0 saturated carbocycles. The third-order valence-corrected chi connectivity index (χ3v) is 5.26. The van der Waals surface area contributed by atoms with Crippen molar-refractivity contribution in [3.8, 4) is 5.75 Å². The summed E-state index contributed by atoms with van der Waals surface area (Å²) < 4.78 is 5.44. The number of alkyl halides is 1. The molecule has 1 N–H and O–H groups in total. The van der Waals surface area contributed by atoms with E-state index in [4.69, 9.17) is 32.9 Å². The molecular weight excluding hydrogens is 452 g/mol. The number of benzene rings is 2. The topological polar surface area (TPSA) is 37.4 Å². The highest BCUT2D eigenvalue weighted by Crippen LogP contribution is 2.35. The average Bonchev–Trinajstić information content (AvgIpc) is 2.69. The van der Waals surface area contributed by atoms with Gasteiger partial charge in [0, 0.05) is 28.2 Å². The van der Waals surface area contributed by atoms with Crippen LogP contribution in [0, 0.1) is 0 Å². The van der Waals surface area contributed by atoms with Gasteiger partial charge in [-0.05, 0) is 49.4 Å². The van der Waals surface area contributed by atoms with Gasteiger partial charge in [0.25, 0.3) is 0 Å². The van der Waals surface area contributed by atoms with E-state index in [9.17, 15) is 0 Å². The van der Waals surface area contributed by atoms with E-state index in [1.807, 2.05) is 36.4 Å². The van der Waals surface area contributed by atoms with E-state index in [1.165, 1.54) is 0 Å².